The standard InChI is InChI=1S/C18H24N2S/c1-18(2,17(19)20)11-5-6-12-21-16-10-9-14-7-3-4-8-15(14)13-16/h3-4,7-10,13H,5-6,11-12H2,1-2H3,(H3,19,20). The number of benzene rings is 2. The fourth-order valence-corrected chi connectivity index (χ4v) is 3.21. The first-order chi connectivity index (χ1) is 9.99. The Bertz CT molecular complexity index is 619. The van der Waals surface area contributed by atoms with Crippen molar-refractivity contribution in [2.75, 3.05) is 5.75 Å². The minimum absolute atomic E-state index is 0.159. The molecule has 0 fully saturated rings. The van der Waals surface area contributed by atoms with Crippen LogP contribution in [0.5, 0.6) is 0 Å². The van der Waals surface area contributed by atoms with E-state index in [1.54, 1.807) is 0 Å². The lowest BCUT2D eigenvalue weighted by Gasteiger charge is -2.22. The molecular weight excluding hydrogens is 276 g/mol. The second-order valence-corrected chi connectivity index (χ2v) is 7.28. The second kappa shape index (κ2) is 6.99. The molecule has 21 heavy (non-hydrogen) atoms. The van der Waals surface area contributed by atoms with E-state index < -0.39 is 0 Å². The fourth-order valence-electron chi connectivity index (χ4n) is 2.25. The van der Waals surface area contributed by atoms with Crippen LogP contribution in [-0.2, 0) is 0 Å². The van der Waals surface area contributed by atoms with Crippen molar-refractivity contribution >= 4 is 28.4 Å². The van der Waals surface area contributed by atoms with Gasteiger partial charge in [-0.1, -0.05) is 50.6 Å². The summed E-state index contributed by atoms with van der Waals surface area (Å²) in [5.41, 5.74) is 5.45. The topological polar surface area (TPSA) is 49.9 Å². The number of nitrogens with one attached hydrogen (secondary N) is 1. The molecule has 3 heteroatoms. The summed E-state index contributed by atoms with van der Waals surface area (Å²) in [6.07, 6.45) is 3.27. The molecule has 0 saturated carbocycles. The zero-order valence-electron chi connectivity index (χ0n) is 12.9. The third kappa shape index (κ3) is 4.50. The van der Waals surface area contributed by atoms with Crippen molar-refractivity contribution in [3.05, 3.63) is 42.5 Å². The van der Waals surface area contributed by atoms with Crippen LogP contribution in [0, 0.1) is 10.8 Å². The van der Waals surface area contributed by atoms with Gasteiger partial charge in [-0.05, 0) is 41.5 Å². The lowest BCUT2D eigenvalue weighted by molar-refractivity contribution is 0.448. The minimum atomic E-state index is -0.159. The van der Waals surface area contributed by atoms with Gasteiger partial charge in [-0.15, -0.1) is 11.8 Å². The highest BCUT2D eigenvalue weighted by atomic mass is 32.2. The van der Waals surface area contributed by atoms with Crippen molar-refractivity contribution in [2.24, 2.45) is 11.1 Å². The van der Waals surface area contributed by atoms with E-state index in [4.69, 9.17) is 11.1 Å². The van der Waals surface area contributed by atoms with E-state index in [2.05, 4.69) is 42.5 Å². The molecule has 112 valence electrons. The molecule has 3 N–H and O–H groups in total. The van der Waals surface area contributed by atoms with Gasteiger partial charge in [0.25, 0.3) is 0 Å². The molecule has 2 aromatic carbocycles. The van der Waals surface area contributed by atoms with Gasteiger partial charge in [0.15, 0.2) is 0 Å². The molecule has 0 spiro atoms. The van der Waals surface area contributed by atoms with Crippen molar-refractivity contribution in [1.29, 1.82) is 5.41 Å². The smallest absolute Gasteiger partial charge is 0.0963 e. The molecule has 2 nitrogen and oxygen atoms in total. The van der Waals surface area contributed by atoms with Gasteiger partial charge in [0, 0.05) is 10.3 Å². The van der Waals surface area contributed by atoms with Gasteiger partial charge >= 0.3 is 0 Å². The zero-order valence-corrected chi connectivity index (χ0v) is 13.7. The van der Waals surface area contributed by atoms with Crippen molar-refractivity contribution in [3.8, 4) is 0 Å². The van der Waals surface area contributed by atoms with Crippen LogP contribution in [0.25, 0.3) is 10.8 Å². The number of nitrogens with two attached hydrogens (primary N) is 1. The highest BCUT2D eigenvalue weighted by Crippen LogP contribution is 2.27. The molecule has 0 aliphatic heterocycles. The molecule has 0 radical (unpaired) electrons. The van der Waals surface area contributed by atoms with Crippen LogP contribution in [0.1, 0.15) is 33.1 Å². The average molecular weight is 300 g/mol. The van der Waals surface area contributed by atoms with E-state index in [9.17, 15) is 0 Å². The molecule has 2 aromatic rings. The maximum absolute atomic E-state index is 7.56. The van der Waals surface area contributed by atoms with Crippen LogP contribution >= 0.6 is 11.8 Å². The highest BCUT2D eigenvalue weighted by molar-refractivity contribution is 7.99. The van der Waals surface area contributed by atoms with Gasteiger partial charge < -0.3 is 5.73 Å². The molecule has 0 heterocycles. The van der Waals surface area contributed by atoms with Crippen molar-refractivity contribution in [2.45, 2.75) is 38.0 Å². The monoisotopic (exact) mass is 300 g/mol. The molecular formula is C18H24N2S. The van der Waals surface area contributed by atoms with Crippen LogP contribution < -0.4 is 5.73 Å². The van der Waals surface area contributed by atoms with E-state index in [0.717, 1.165) is 25.0 Å². The maximum atomic E-state index is 7.56. The van der Waals surface area contributed by atoms with Crippen LogP contribution in [-0.4, -0.2) is 11.6 Å². The molecule has 0 aliphatic rings. The van der Waals surface area contributed by atoms with Crippen LogP contribution in [0.4, 0.5) is 0 Å². The van der Waals surface area contributed by atoms with Gasteiger partial charge in [0.1, 0.15) is 0 Å². The number of hydrogen-bond acceptors (Lipinski definition) is 2. The van der Waals surface area contributed by atoms with Crippen LogP contribution in [0.15, 0.2) is 47.4 Å². The van der Waals surface area contributed by atoms with Gasteiger partial charge in [-0.3, -0.25) is 5.41 Å². The first kappa shape index (κ1) is 15.9. The maximum Gasteiger partial charge on any atom is 0.0963 e. The number of fused-ring (bicyclic) bond motifs is 1. The number of thioether (sulfide) groups is 1. The Kier molecular flexibility index (Phi) is 5.29. The predicted octanol–water partition coefficient (Wildman–Crippen LogP) is 5.06. The minimum Gasteiger partial charge on any atom is -0.387 e. The molecule has 0 amide bonds. The largest absolute Gasteiger partial charge is 0.387 e. The quantitative estimate of drug-likeness (QED) is 0.325. The Hall–Kier alpha value is -1.48. The Morgan fingerprint density at radius 2 is 1.81 bits per heavy atom. The van der Waals surface area contributed by atoms with E-state index in [-0.39, 0.29) is 5.41 Å². The first-order valence-corrected chi connectivity index (χ1v) is 8.44. The molecule has 0 atom stereocenters. The summed E-state index contributed by atoms with van der Waals surface area (Å²) >= 11 is 1.91. The van der Waals surface area contributed by atoms with Crippen molar-refractivity contribution < 1.29 is 0 Å². The summed E-state index contributed by atoms with van der Waals surface area (Å²) < 4.78 is 0. The first-order valence-electron chi connectivity index (χ1n) is 7.45. The van der Waals surface area contributed by atoms with E-state index >= 15 is 0 Å². The number of amidine groups is 1. The third-order valence-corrected chi connectivity index (χ3v) is 4.99. The Labute approximate surface area is 131 Å². The van der Waals surface area contributed by atoms with E-state index in [1.807, 2.05) is 25.6 Å². The summed E-state index contributed by atoms with van der Waals surface area (Å²) in [5.74, 6) is 1.41. The Morgan fingerprint density at radius 1 is 1.10 bits per heavy atom. The van der Waals surface area contributed by atoms with Gasteiger partial charge in [0.05, 0.1) is 5.84 Å². The Morgan fingerprint density at radius 3 is 2.52 bits per heavy atom. The predicted molar refractivity (Wildman–Crippen MR) is 94.2 cm³/mol. The lowest BCUT2D eigenvalue weighted by atomic mass is 9.86. The van der Waals surface area contributed by atoms with Crippen molar-refractivity contribution in [3.63, 3.8) is 0 Å². The molecule has 0 unspecified atom stereocenters. The van der Waals surface area contributed by atoms with Gasteiger partial charge in [0.2, 0.25) is 0 Å². The van der Waals surface area contributed by atoms with Crippen LogP contribution in [0.3, 0.4) is 0 Å². The van der Waals surface area contributed by atoms with Gasteiger partial charge in [-0.2, -0.15) is 0 Å². The summed E-state index contributed by atoms with van der Waals surface area (Å²) in [6.45, 7) is 4.09. The summed E-state index contributed by atoms with van der Waals surface area (Å²) in [7, 11) is 0. The molecule has 0 aromatic heterocycles. The molecule has 0 saturated heterocycles. The van der Waals surface area contributed by atoms with Gasteiger partial charge in [-0.25, -0.2) is 0 Å². The molecule has 2 rings (SSSR count). The lowest BCUT2D eigenvalue weighted by Crippen LogP contribution is -2.30. The SMILES string of the molecule is CC(C)(CCCCSc1ccc2ccccc2c1)C(=N)N. The molecule has 0 bridgehead atoms. The summed E-state index contributed by atoms with van der Waals surface area (Å²) in [5, 5.41) is 10.2. The highest BCUT2D eigenvalue weighted by Gasteiger charge is 2.20. The summed E-state index contributed by atoms with van der Waals surface area (Å²) in [6, 6.07) is 15.1. The fraction of sp³-hybridized carbons (Fsp3) is 0.389. The molecule has 0 aliphatic carbocycles. The van der Waals surface area contributed by atoms with Crippen molar-refractivity contribution in [1.82, 2.24) is 0 Å². The third-order valence-electron chi connectivity index (χ3n) is 3.91. The van der Waals surface area contributed by atoms with Crippen LogP contribution in [0.2, 0.25) is 0 Å². The normalized spacial score (nSPS) is 11.7. The van der Waals surface area contributed by atoms with E-state index in [1.165, 1.54) is 15.7 Å². The number of hydrogen-bond donors (Lipinski definition) is 2. The Balaban J connectivity index is 1.79. The average Bonchev–Trinajstić information content (AvgIpc) is 2.46. The number of rotatable bonds is 7. The number of unbranched alkanes of at least 4 members (excludes halogenated alkanes) is 1. The second-order valence-electron chi connectivity index (χ2n) is 6.11. The zero-order chi connectivity index (χ0) is 15.3. The van der Waals surface area contributed by atoms with E-state index in [0.29, 0.717) is 5.84 Å². The summed E-state index contributed by atoms with van der Waals surface area (Å²) in [4.78, 5) is 1.33.